The zero-order chi connectivity index (χ0) is 23.6. The summed E-state index contributed by atoms with van der Waals surface area (Å²) in [6, 6.07) is 17.1. The number of hydrogen-bond acceptors (Lipinski definition) is 1. The highest BCUT2D eigenvalue weighted by Gasteiger charge is 2.35. The summed E-state index contributed by atoms with van der Waals surface area (Å²) >= 11 is 0. The van der Waals surface area contributed by atoms with Gasteiger partial charge in [-0.25, -0.2) is 0 Å². The van der Waals surface area contributed by atoms with Crippen LogP contribution < -0.4 is 4.74 Å². The van der Waals surface area contributed by atoms with Crippen LogP contribution in [0.2, 0.25) is 0 Å². The largest absolute Gasteiger partial charge is 0.490 e. The van der Waals surface area contributed by atoms with Crippen LogP contribution in [0.1, 0.15) is 87.8 Å². The van der Waals surface area contributed by atoms with Crippen molar-refractivity contribution in [3.63, 3.8) is 0 Å². The molecule has 2 aromatic rings. The minimum atomic E-state index is 0.605. The molecule has 2 saturated carbocycles. The van der Waals surface area contributed by atoms with Gasteiger partial charge in [0.25, 0.3) is 0 Å². The lowest BCUT2D eigenvalue weighted by molar-refractivity contribution is 0.115. The number of rotatable bonds is 7. The Morgan fingerprint density at radius 1 is 0.765 bits per heavy atom. The fourth-order valence-corrected chi connectivity index (χ4v) is 5.91. The second kappa shape index (κ2) is 12.7. The molecule has 0 bridgehead atoms. The van der Waals surface area contributed by atoms with E-state index < -0.39 is 0 Å². The standard InChI is InChI=1S/C33H40O/c1-3-5-7-8-28-13-18-32-25-31(20-19-30(32)24-28)29-16-11-26(12-17-29)9-10-27-14-21-33(22-15-27)34-23-6-4-2/h3-6,11-12,14-17,21-22,28,30-32H,7-8,13,18-20,23-25H2,1-2H3/b5-3+,6-4+. The molecule has 4 unspecified atom stereocenters. The van der Waals surface area contributed by atoms with Crippen molar-refractivity contribution in [2.45, 2.75) is 71.1 Å². The van der Waals surface area contributed by atoms with Gasteiger partial charge in [-0.1, -0.05) is 54.7 Å². The second-order valence-electron chi connectivity index (χ2n) is 10.1. The van der Waals surface area contributed by atoms with E-state index in [-0.39, 0.29) is 0 Å². The van der Waals surface area contributed by atoms with Crippen LogP contribution in [0.25, 0.3) is 0 Å². The lowest BCUT2D eigenvalue weighted by Gasteiger charge is -2.42. The Morgan fingerprint density at radius 2 is 1.41 bits per heavy atom. The van der Waals surface area contributed by atoms with Crippen LogP contribution in [0.5, 0.6) is 5.75 Å². The Morgan fingerprint density at radius 3 is 2.12 bits per heavy atom. The van der Waals surface area contributed by atoms with E-state index in [0.29, 0.717) is 6.61 Å². The Kier molecular flexibility index (Phi) is 9.09. The van der Waals surface area contributed by atoms with Crippen LogP contribution in [-0.4, -0.2) is 6.61 Å². The first kappa shape index (κ1) is 24.4. The van der Waals surface area contributed by atoms with Crippen LogP contribution in [0.4, 0.5) is 0 Å². The van der Waals surface area contributed by atoms with Crippen molar-refractivity contribution >= 4 is 0 Å². The van der Waals surface area contributed by atoms with Crippen molar-refractivity contribution in [3.05, 3.63) is 89.5 Å². The number of allylic oxidation sites excluding steroid dienone is 3. The van der Waals surface area contributed by atoms with E-state index in [9.17, 15) is 0 Å². The first-order valence-corrected chi connectivity index (χ1v) is 13.3. The van der Waals surface area contributed by atoms with E-state index in [4.69, 9.17) is 4.74 Å². The van der Waals surface area contributed by atoms with Gasteiger partial charge >= 0.3 is 0 Å². The van der Waals surface area contributed by atoms with E-state index in [2.05, 4.69) is 55.2 Å². The van der Waals surface area contributed by atoms with Crippen molar-refractivity contribution < 1.29 is 4.74 Å². The molecule has 2 aliphatic carbocycles. The van der Waals surface area contributed by atoms with Gasteiger partial charge in [0.05, 0.1) is 0 Å². The molecule has 4 atom stereocenters. The molecule has 1 heteroatoms. The van der Waals surface area contributed by atoms with Gasteiger partial charge in [-0.05, 0) is 124 Å². The van der Waals surface area contributed by atoms with E-state index in [1.807, 2.05) is 43.3 Å². The molecule has 2 fully saturated rings. The highest BCUT2D eigenvalue weighted by molar-refractivity contribution is 5.45. The molecule has 0 N–H and O–H groups in total. The van der Waals surface area contributed by atoms with Crippen LogP contribution >= 0.6 is 0 Å². The molecule has 34 heavy (non-hydrogen) atoms. The smallest absolute Gasteiger partial charge is 0.119 e. The summed E-state index contributed by atoms with van der Waals surface area (Å²) in [4.78, 5) is 0. The van der Waals surface area contributed by atoms with Crippen LogP contribution in [0.15, 0.2) is 72.8 Å². The number of ether oxygens (including phenoxy) is 1. The topological polar surface area (TPSA) is 9.23 Å². The molecule has 0 spiro atoms. The monoisotopic (exact) mass is 452 g/mol. The fraction of sp³-hybridized carbons (Fsp3) is 0.455. The lowest BCUT2D eigenvalue weighted by Crippen LogP contribution is -2.30. The molecule has 0 radical (unpaired) electrons. The molecule has 1 nitrogen and oxygen atoms in total. The van der Waals surface area contributed by atoms with Gasteiger partial charge in [0.2, 0.25) is 0 Å². The van der Waals surface area contributed by atoms with Gasteiger partial charge in [-0.3, -0.25) is 0 Å². The molecule has 0 saturated heterocycles. The summed E-state index contributed by atoms with van der Waals surface area (Å²) < 4.78 is 5.66. The van der Waals surface area contributed by atoms with E-state index in [0.717, 1.165) is 40.5 Å². The zero-order valence-corrected chi connectivity index (χ0v) is 21.0. The van der Waals surface area contributed by atoms with E-state index >= 15 is 0 Å². The molecule has 0 amide bonds. The Balaban J connectivity index is 1.28. The molecule has 2 aromatic carbocycles. The van der Waals surface area contributed by atoms with Gasteiger partial charge < -0.3 is 4.74 Å². The number of fused-ring (bicyclic) bond motifs is 1. The first-order valence-electron chi connectivity index (χ1n) is 13.3. The highest BCUT2D eigenvalue weighted by atomic mass is 16.5. The van der Waals surface area contributed by atoms with Crippen molar-refractivity contribution in [2.75, 3.05) is 6.61 Å². The average Bonchev–Trinajstić information content (AvgIpc) is 2.88. The van der Waals surface area contributed by atoms with Crippen molar-refractivity contribution in [3.8, 4) is 17.6 Å². The molecule has 0 heterocycles. The van der Waals surface area contributed by atoms with Crippen LogP contribution in [0.3, 0.4) is 0 Å². The predicted molar refractivity (Wildman–Crippen MR) is 144 cm³/mol. The summed E-state index contributed by atoms with van der Waals surface area (Å²) in [5.74, 6) is 11.1. The molecule has 0 aliphatic heterocycles. The SMILES string of the molecule is C/C=C/CCC1CCC2CC(c3ccc(C#Cc4ccc(OC/C=C/C)cc4)cc3)CCC2C1. The van der Waals surface area contributed by atoms with Crippen molar-refractivity contribution in [2.24, 2.45) is 17.8 Å². The maximum atomic E-state index is 5.66. The summed E-state index contributed by atoms with van der Waals surface area (Å²) in [6.45, 7) is 4.74. The van der Waals surface area contributed by atoms with Gasteiger partial charge in [0.15, 0.2) is 0 Å². The van der Waals surface area contributed by atoms with Gasteiger partial charge in [0.1, 0.15) is 12.4 Å². The summed E-state index contributed by atoms with van der Waals surface area (Å²) in [7, 11) is 0. The summed E-state index contributed by atoms with van der Waals surface area (Å²) in [5.41, 5.74) is 3.62. The maximum Gasteiger partial charge on any atom is 0.119 e. The van der Waals surface area contributed by atoms with Gasteiger partial charge in [-0.15, -0.1) is 0 Å². The minimum absolute atomic E-state index is 0.605. The first-order chi connectivity index (χ1) is 16.7. The van der Waals surface area contributed by atoms with Crippen molar-refractivity contribution in [1.29, 1.82) is 0 Å². The van der Waals surface area contributed by atoms with E-state index in [1.165, 1.54) is 56.9 Å². The molecular formula is C33H40O. The minimum Gasteiger partial charge on any atom is -0.490 e. The predicted octanol–water partition coefficient (Wildman–Crippen LogP) is 8.70. The normalized spacial score (nSPS) is 24.5. The third-order valence-electron chi connectivity index (χ3n) is 7.87. The average molecular weight is 453 g/mol. The molecule has 0 aromatic heterocycles. The summed E-state index contributed by atoms with van der Waals surface area (Å²) in [6.07, 6.45) is 19.8. The summed E-state index contributed by atoms with van der Waals surface area (Å²) in [5, 5.41) is 0. The number of benzene rings is 2. The van der Waals surface area contributed by atoms with Crippen LogP contribution in [0, 0.1) is 29.6 Å². The number of hydrogen-bond donors (Lipinski definition) is 0. The van der Waals surface area contributed by atoms with Gasteiger partial charge in [0, 0.05) is 11.1 Å². The molecule has 178 valence electrons. The molecular weight excluding hydrogens is 412 g/mol. The third-order valence-corrected chi connectivity index (χ3v) is 7.87. The third kappa shape index (κ3) is 6.89. The Hall–Kier alpha value is -2.72. The Labute approximate surface area is 207 Å². The second-order valence-corrected chi connectivity index (χ2v) is 10.1. The quantitative estimate of drug-likeness (QED) is 0.301. The maximum absolute atomic E-state index is 5.66. The fourth-order valence-electron chi connectivity index (χ4n) is 5.91. The molecule has 4 rings (SSSR count). The van der Waals surface area contributed by atoms with Crippen LogP contribution in [-0.2, 0) is 0 Å². The van der Waals surface area contributed by atoms with Gasteiger partial charge in [-0.2, -0.15) is 0 Å². The lowest BCUT2D eigenvalue weighted by atomic mass is 9.63. The Bertz CT molecular complexity index is 999. The van der Waals surface area contributed by atoms with E-state index in [1.54, 1.807) is 0 Å². The van der Waals surface area contributed by atoms with Crippen molar-refractivity contribution in [1.82, 2.24) is 0 Å². The highest BCUT2D eigenvalue weighted by Crippen LogP contribution is 2.48. The zero-order valence-electron chi connectivity index (χ0n) is 21.0. The molecule has 2 aliphatic rings.